The van der Waals surface area contributed by atoms with Crippen molar-refractivity contribution in [2.75, 3.05) is 16.6 Å². The summed E-state index contributed by atoms with van der Waals surface area (Å²) in [7, 11) is 0. The normalized spacial score (nSPS) is 14.9. The first-order valence-electron chi connectivity index (χ1n) is 11.7. The summed E-state index contributed by atoms with van der Waals surface area (Å²) in [6.07, 6.45) is 10.1. The fraction of sp³-hybridized carbons (Fsp3) is 0.308. The van der Waals surface area contributed by atoms with Crippen LogP contribution >= 0.6 is 11.9 Å². The summed E-state index contributed by atoms with van der Waals surface area (Å²) in [6.45, 7) is 7.60. The Morgan fingerprint density at radius 2 is 1.91 bits per heavy atom. The lowest BCUT2D eigenvalue weighted by molar-refractivity contribution is 0.408. The van der Waals surface area contributed by atoms with Crippen LogP contribution in [0.25, 0.3) is 44.6 Å². The number of nitrogens with one attached hydrogen (secondary N) is 1. The molecule has 5 heterocycles. The molecule has 0 spiro atoms. The molecule has 0 aliphatic carbocycles. The fourth-order valence-corrected chi connectivity index (χ4v) is 5.50. The van der Waals surface area contributed by atoms with Gasteiger partial charge in [-0.05, 0) is 75.4 Å². The number of hydrogen-bond donors (Lipinski definition) is 1. The predicted molar refractivity (Wildman–Crippen MR) is 140 cm³/mol. The third-order valence-electron chi connectivity index (χ3n) is 6.26. The Morgan fingerprint density at radius 3 is 2.74 bits per heavy atom. The van der Waals surface area contributed by atoms with Gasteiger partial charge in [0.05, 0.1) is 29.3 Å². The first kappa shape index (κ1) is 21.2. The van der Waals surface area contributed by atoms with Gasteiger partial charge in [-0.3, -0.25) is 0 Å². The Hall–Kier alpha value is -3.39. The van der Waals surface area contributed by atoms with Crippen LogP contribution in [0.4, 0.5) is 5.82 Å². The van der Waals surface area contributed by atoms with Crippen molar-refractivity contribution in [1.82, 2.24) is 29.5 Å². The van der Waals surface area contributed by atoms with Gasteiger partial charge in [-0.1, -0.05) is 6.07 Å². The third-order valence-corrected chi connectivity index (χ3v) is 7.41. The molecule has 7 nitrogen and oxygen atoms in total. The Kier molecular flexibility index (Phi) is 5.06. The van der Waals surface area contributed by atoms with Gasteiger partial charge in [-0.15, -0.1) is 0 Å². The number of H-pyrrole nitrogens is 1. The summed E-state index contributed by atoms with van der Waals surface area (Å²) in [6, 6.07) is 10.5. The second-order valence-corrected chi connectivity index (χ2v) is 10.8. The number of imidazole rings is 1. The van der Waals surface area contributed by atoms with Crippen LogP contribution in [0.1, 0.15) is 33.6 Å². The van der Waals surface area contributed by atoms with E-state index in [9.17, 15) is 0 Å². The Morgan fingerprint density at radius 1 is 1.00 bits per heavy atom. The Balaban J connectivity index is 1.42. The number of rotatable bonds is 3. The minimum Gasteiger partial charge on any atom is -0.344 e. The summed E-state index contributed by atoms with van der Waals surface area (Å²) in [5.41, 5.74) is 7.70. The molecular weight excluding hydrogens is 442 g/mol. The monoisotopic (exact) mass is 469 g/mol. The number of aromatic amines is 1. The minimum absolute atomic E-state index is 0.0493. The number of pyridine rings is 1. The molecule has 4 aromatic heterocycles. The SMILES string of the molecule is CC(C)(C)n1cnc2ccc(-c3c[nH]c4ncc(-c5ccnc(N6CCCCS6)c5)nc34)cc21. The zero-order valence-corrected chi connectivity index (χ0v) is 20.4. The second-order valence-electron chi connectivity index (χ2n) is 9.69. The lowest BCUT2D eigenvalue weighted by Gasteiger charge is -2.26. The highest BCUT2D eigenvalue weighted by atomic mass is 32.2. The van der Waals surface area contributed by atoms with E-state index in [1.165, 1.54) is 12.8 Å². The van der Waals surface area contributed by atoms with Crippen molar-refractivity contribution in [2.45, 2.75) is 39.2 Å². The van der Waals surface area contributed by atoms with E-state index in [1.54, 1.807) is 0 Å². The largest absolute Gasteiger partial charge is 0.344 e. The van der Waals surface area contributed by atoms with Gasteiger partial charge < -0.3 is 13.9 Å². The molecule has 172 valence electrons. The smallest absolute Gasteiger partial charge is 0.156 e. The molecular formula is C26H27N7S. The van der Waals surface area contributed by atoms with Crippen LogP contribution < -0.4 is 4.31 Å². The van der Waals surface area contributed by atoms with E-state index in [-0.39, 0.29) is 5.54 Å². The van der Waals surface area contributed by atoms with Crippen LogP contribution in [0.3, 0.4) is 0 Å². The molecule has 1 N–H and O–H groups in total. The van der Waals surface area contributed by atoms with Crippen LogP contribution in [-0.2, 0) is 5.54 Å². The lowest BCUT2D eigenvalue weighted by Crippen LogP contribution is -2.21. The van der Waals surface area contributed by atoms with E-state index < -0.39 is 0 Å². The van der Waals surface area contributed by atoms with Crippen molar-refractivity contribution in [3.63, 3.8) is 0 Å². The molecule has 5 aromatic rings. The van der Waals surface area contributed by atoms with Gasteiger partial charge in [-0.25, -0.2) is 19.9 Å². The molecule has 0 bridgehead atoms. The van der Waals surface area contributed by atoms with E-state index in [2.05, 4.69) is 73.8 Å². The van der Waals surface area contributed by atoms with Crippen molar-refractivity contribution < 1.29 is 0 Å². The second kappa shape index (κ2) is 8.13. The van der Waals surface area contributed by atoms with Gasteiger partial charge in [0.2, 0.25) is 0 Å². The average Bonchev–Trinajstić information content (AvgIpc) is 3.48. The fourth-order valence-electron chi connectivity index (χ4n) is 4.45. The number of hydrogen-bond acceptors (Lipinski definition) is 6. The molecule has 34 heavy (non-hydrogen) atoms. The molecule has 1 saturated heterocycles. The van der Waals surface area contributed by atoms with Crippen LogP contribution in [0, 0.1) is 0 Å². The number of nitrogens with zero attached hydrogens (tertiary/aromatic N) is 6. The number of aromatic nitrogens is 6. The zero-order valence-electron chi connectivity index (χ0n) is 19.6. The zero-order chi connectivity index (χ0) is 23.3. The van der Waals surface area contributed by atoms with E-state index in [0.29, 0.717) is 0 Å². The predicted octanol–water partition coefficient (Wildman–Crippen LogP) is 6.04. The van der Waals surface area contributed by atoms with Crippen molar-refractivity contribution in [1.29, 1.82) is 0 Å². The highest BCUT2D eigenvalue weighted by Crippen LogP contribution is 2.33. The molecule has 0 amide bonds. The Labute approximate surface area is 202 Å². The van der Waals surface area contributed by atoms with E-state index in [4.69, 9.17) is 4.98 Å². The van der Waals surface area contributed by atoms with E-state index in [0.717, 1.165) is 62.7 Å². The molecule has 1 aliphatic rings. The van der Waals surface area contributed by atoms with Crippen molar-refractivity contribution in [3.05, 3.63) is 55.2 Å². The van der Waals surface area contributed by atoms with Gasteiger partial charge in [0.1, 0.15) is 11.3 Å². The van der Waals surface area contributed by atoms with E-state index in [1.807, 2.05) is 42.9 Å². The molecule has 1 aromatic carbocycles. The maximum Gasteiger partial charge on any atom is 0.156 e. The van der Waals surface area contributed by atoms with Crippen molar-refractivity contribution in [3.8, 4) is 22.4 Å². The van der Waals surface area contributed by atoms with Gasteiger partial charge >= 0.3 is 0 Å². The van der Waals surface area contributed by atoms with Crippen molar-refractivity contribution >= 4 is 40.0 Å². The highest BCUT2D eigenvalue weighted by Gasteiger charge is 2.18. The molecule has 6 rings (SSSR count). The summed E-state index contributed by atoms with van der Waals surface area (Å²) < 4.78 is 4.50. The van der Waals surface area contributed by atoms with Gasteiger partial charge in [0.25, 0.3) is 0 Å². The van der Waals surface area contributed by atoms with Crippen LogP contribution in [-0.4, -0.2) is 41.8 Å². The first-order chi connectivity index (χ1) is 16.5. The molecule has 0 saturated carbocycles. The number of anilines is 1. The van der Waals surface area contributed by atoms with Crippen LogP contribution in [0.5, 0.6) is 0 Å². The quantitative estimate of drug-likeness (QED) is 0.325. The molecule has 0 radical (unpaired) electrons. The van der Waals surface area contributed by atoms with Gasteiger partial charge in [-0.2, -0.15) is 0 Å². The van der Waals surface area contributed by atoms with Crippen LogP contribution in [0.15, 0.2) is 55.2 Å². The maximum atomic E-state index is 5.04. The molecule has 0 atom stereocenters. The molecule has 1 aliphatic heterocycles. The maximum absolute atomic E-state index is 5.04. The average molecular weight is 470 g/mol. The summed E-state index contributed by atoms with van der Waals surface area (Å²) in [5, 5.41) is 0. The topological polar surface area (TPSA) is 75.5 Å². The Bertz CT molecular complexity index is 1490. The number of fused-ring (bicyclic) bond motifs is 2. The summed E-state index contributed by atoms with van der Waals surface area (Å²) >= 11 is 1.85. The standard InChI is InChI=1S/C26H27N7S/c1-26(2,3)32-16-30-20-7-6-17(12-22(20)32)19-14-28-25-24(19)31-21(15-29-25)18-8-9-27-23(13-18)33-10-4-5-11-34-33/h6-9,12-16H,4-5,10-11H2,1-3H3,(H,28,29). The van der Waals surface area contributed by atoms with Gasteiger partial charge in [0.15, 0.2) is 5.65 Å². The third kappa shape index (κ3) is 3.72. The molecule has 1 fully saturated rings. The van der Waals surface area contributed by atoms with Gasteiger partial charge in [0, 0.05) is 41.4 Å². The lowest BCUT2D eigenvalue weighted by atomic mass is 10.1. The van der Waals surface area contributed by atoms with E-state index >= 15 is 0 Å². The highest BCUT2D eigenvalue weighted by molar-refractivity contribution is 8.00. The summed E-state index contributed by atoms with van der Waals surface area (Å²) in [4.78, 5) is 22.2. The van der Waals surface area contributed by atoms with Crippen molar-refractivity contribution in [2.24, 2.45) is 0 Å². The molecule has 8 heteroatoms. The number of benzene rings is 1. The van der Waals surface area contributed by atoms with Crippen LogP contribution in [0.2, 0.25) is 0 Å². The first-order valence-corrected chi connectivity index (χ1v) is 12.6. The minimum atomic E-state index is -0.0493. The summed E-state index contributed by atoms with van der Waals surface area (Å²) in [5.74, 6) is 2.13. The molecule has 0 unspecified atom stereocenters.